The van der Waals surface area contributed by atoms with Crippen LogP contribution in [-0.2, 0) is 17.6 Å². The zero-order valence-corrected chi connectivity index (χ0v) is 21.7. The van der Waals surface area contributed by atoms with E-state index in [1.54, 1.807) is 12.1 Å². The lowest BCUT2D eigenvalue weighted by Crippen LogP contribution is -2.11. The van der Waals surface area contributed by atoms with Crippen LogP contribution >= 0.6 is 45.2 Å². The molecule has 2 N–H and O–H groups in total. The molecule has 4 aromatic rings. The Morgan fingerprint density at radius 1 is 1.00 bits per heavy atom. The van der Waals surface area contributed by atoms with E-state index in [-0.39, 0.29) is 29.5 Å². The molecule has 0 aliphatic rings. The van der Waals surface area contributed by atoms with E-state index >= 15 is 0 Å². The van der Waals surface area contributed by atoms with Gasteiger partial charge >= 0.3 is 5.97 Å². The number of hydrogen-bond donors (Lipinski definition) is 2. The van der Waals surface area contributed by atoms with Crippen molar-refractivity contribution in [2.75, 3.05) is 0 Å². The van der Waals surface area contributed by atoms with Gasteiger partial charge in [-0.1, -0.05) is 37.3 Å². The molecule has 0 fully saturated rings. The molecule has 0 bridgehead atoms. The number of halogens is 2. The van der Waals surface area contributed by atoms with Gasteiger partial charge in [0.2, 0.25) is 0 Å². The number of esters is 1. The molecule has 1 aromatic heterocycles. The molecule has 6 nitrogen and oxygen atoms in total. The third-order valence-corrected chi connectivity index (χ3v) is 6.73. The number of phenols is 2. The molecular weight excluding hydrogens is 650 g/mol. The van der Waals surface area contributed by atoms with Crippen LogP contribution in [0.25, 0.3) is 11.0 Å². The zero-order valence-electron chi connectivity index (χ0n) is 17.4. The second kappa shape index (κ2) is 9.72. The summed E-state index contributed by atoms with van der Waals surface area (Å²) in [6.45, 7) is 1.86. The van der Waals surface area contributed by atoms with Crippen molar-refractivity contribution in [1.29, 1.82) is 0 Å². The summed E-state index contributed by atoms with van der Waals surface area (Å²) in [5, 5.41) is 21.0. The monoisotopic (exact) mass is 668 g/mol. The highest BCUT2D eigenvalue weighted by Gasteiger charge is 2.24. The van der Waals surface area contributed by atoms with Gasteiger partial charge in [0, 0.05) is 23.4 Å². The van der Waals surface area contributed by atoms with Gasteiger partial charge in [-0.3, -0.25) is 9.59 Å². The molecule has 33 heavy (non-hydrogen) atoms. The summed E-state index contributed by atoms with van der Waals surface area (Å²) in [7, 11) is 0. The summed E-state index contributed by atoms with van der Waals surface area (Å²) in [5.41, 5.74) is 1.86. The van der Waals surface area contributed by atoms with Crippen molar-refractivity contribution in [3.05, 3.63) is 84.2 Å². The molecule has 1 heterocycles. The third kappa shape index (κ3) is 4.86. The first-order valence-corrected chi connectivity index (χ1v) is 12.2. The fraction of sp³-hybridized carbons (Fsp3) is 0.120. The third-order valence-electron chi connectivity index (χ3n) is 5.08. The van der Waals surface area contributed by atoms with Gasteiger partial charge in [0.25, 0.3) is 0 Å². The number of ether oxygens (including phenoxy) is 1. The van der Waals surface area contributed by atoms with Crippen LogP contribution in [0.4, 0.5) is 0 Å². The number of aromatic hydroxyl groups is 2. The van der Waals surface area contributed by atoms with Crippen molar-refractivity contribution in [2.45, 2.75) is 19.8 Å². The minimum atomic E-state index is -0.525. The van der Waals surface area contributed by atoms with Crippen LogP contribution in [0.15, 0.2) is 59.0 Å². The molecule has 3 aromatic carbocycles. The summed E-state index contributed by atoms with van der Waals surface area (Å²) >= 11 is 3.94. The molecule has 168 valence electrons. The number of furan rings is 1. The van der Waals surface area contributed by atoms with Gasteiger partial charge in [0.05, 0.1) is 19.1 Å². The number of aryl methyl sites for hydroxylation is 1. The van der Waals surface area contributed by atoms with E-state index < -0.39 is 5.97 Å². The predicted molar refractivity (Wildman–Crippen MR) is 140 cm³/mol. The Morgan fingerprint density at radius 3 is 2.30 bits per heavy atom. The Morgan fingerprint density at radius 2 is 1.67 bits per heavy atom. The lowest BCUT2D eigenvalue weighted by molar-refractivity contribution is -0.133. The van der Waals surface area contributed by atoms with E-state index in [0.29, 0.717) is 41.4 Å². The minimum absolute atomic E-state index is 0.0347. The van der Waals surface area contributed by atoms with E-state index in [1.165, 1.54) is 12.1 Å². The van der Waals surface area contributed by atoms with Crippen LogP contribution in [0.3, 0.4) is 0 Å². The topological polar surface area (TPSA) is 97.0 Å². The van der Waals surface area contributed by atoms with E-state index in [9.17, 15) is 19.8 Å². The Labute approximate surface area is 216 Å². The van der Waals surface area contributed by atoms with Crippen molar-refractivity contribution in [2.24, 2.45) is 0 Å². The number of rotatable bonds is 6. The molecule has 0 amide bonds. The Kier molecular flexibility index (Phi) is 6.94. The first kappa shape index (κ1) is 23.6. The lowest BCUT2D eigenvalue weighted by atomic mass is 9.99. The molecule has 0 saturated heterocycles. The van der Waals surface area contributed by atoms with Crippen LogP contribution in [0.1, 0.15) is 34.2 Å². The van der Waals surface area contributed by atoms with Crippen LogP contribution in [0, 0.1) is 7.14 Å². The standard InChI is InChI=1S/C25H18I2O6/c1-2-19-23(24(30)14-9-16(26)25(31)17(27)10-14)15-11-18(28)21(12-20(15)32-19)33-22(29)8-13-6-4-3-5-7-13/h3-7,9-12,28,31H,2,8H2,1H3. The van der Waals surface area contributed by atoms with Gasteiger partial charge in [-0.25, -0.2) is 0 Å². The smallest absolute Gasteiger partial charge is 0.315 e. The van der Waals surface area contributed by atoms with Crippen LogP contribution in [0.2, 0.25) is 0 Å². The second-order valence-electron chi connectivity index (χ2n) is 7.32. The van der Waals surface area contributed by atoms with E-state index in [0.717, 1.165) is 5.56 Å². The predicted octanol–water partition coefficient (Wildman–Crippen LogP) is 5.99. The van der Waals surface area contributed by atoms with Crippen molar-refractivity contribution in [3.8, 4) is 17.2 Å². The molecule has 0 radical (unpaired) electrons. The van der Waals surface area contributed by atoms with Gasteiger partial charge in [-0.15, -0.1) is 0 Å². The van der Waals surface area contributed by atoms with Crippen molar-refractivity contribution in [1.82, 2.24) is 0 Å². The first-order valence-electron chi connectivity index (χ1n) is 10.0. The Hall–Kier alpha value is -2.60. The fourth-order valence-corrected chi connectivity index (χ4v) is 5.27. The highest BCUT2D eigenvalue weighted by molar-refractivity contribution is 14.1. The average molecular weight is 668 g/mol. The largest absolute Gasteiger partial charge is 0.506 e. The number of hydrogen-bond acceptors (Lipinski definition) is 6. The SMILES string of the molecule is CCc1oc2cc(OC(=O)Cc3ccccc3)c(O)cc2c1C(=O)c1cc(I)c(O)c(I)c1. The molecule has 4 rings (SSSR count). The number of phenolic OH excluding ortho intramolecular Hbond substituents is 2. The molecule has 0 saturated carbocycles. The molecule has 0 unspecified atom stereocenters. The maximum Gasteiger partial charge on any atom is 0.315 e. The second-order valence-corrected chi connectivity index (χ2v) is 9.65. The van der Waals surface area contributed by atoms with E-state index in [4.69, 9.17) is 9.15 Å². The zero-order chi connectivity index (χ0) is 23.7. The molecule has 0 aliphatic heterocycles. The van der Waals surface area contributed by atoms with E-state index in [2.05, 4.69) is 0 Å². The molecule has 0 spiro atoms. The normalized spacial score (nSPS) is 11.0. The summed E-state index contributed by atoms with van der Waals surface area (Å²) in [4.78, 5) is 25.7. The van der Waals surface area contributed by atoms with Crippen molar-refractivity contribution < 1.29 is 29.0 Å². The number of carbonyl (C=O) groups excluding carboxylic acids is 2. The molecule has 0 aliphatic carbocycles. The summed E-state index contributed by atoms with van der Waals surface area (Å²) in [5.74, 6) is -0.526. The first-order chi connectivity index (χ1) is 15.8. The fourth-order valence-electron chi connectivity index (χ4n) is 3.51. The summed E-state index contributed by atoms with van der Waals surface area (Å²) in [6.07, 6.45) is 0.504. The Bertz CT molecular complexity index is 1350. The van der Waals surface area contributed by atoms with Crippen LogP contribution < -0.4 is 4.74 Å². The maximum absolute atomic E-state index is 13.4. The number of carbonyl (C=O) groups is 2. The highest BCUT2D eigenvalue weighted by Crippen LogP contribution is 2.38. The van der Waals surface area contributed by atoms with Gasteiger partial charge in [-0.05, 0) is 68.9 Å². The maximum atomic E-state index is 13.4. The summed E-state index contributed by atoms with van der Waals surface area (Å²) < 4.78 is 12.4. The number of fused-ring (bicyclic) bond motifs is 1. The highest BCUT2D eigenvalue weighted by atomic mass is 127. The summed E-state index contributed by atoms with van der Waals surface area (Å²) in [6, 6.07) is 15.2. The van der Waals surface area contributed by atoms with Gasteiger partial charge in [-0.2, -0.15) is 0 Å². The molecule has 0 atom stereocenters. The number of ketones is 1. The number of benzene rings is 3. The van der Waals surface area contributed by atoms with Crippen molar-refractivity contribution in [3.63, 3.8) is 0 Å². The Balaban J connectivity index is 1.70. The van der Waals surface area contributed by atoms with Crippen LogP contribution in [-0.4, -0.2) is 22.0 Å². The van der Waals surface area contributed by atoms with Gasteiger partial charge in [0.15, 0.2) is 17.3 Å². The van der Waals surface area contributed by atoms with Gasteiger partial charge < -0.3 is 19.4 Å². The molecule has 8 heteroatoms. The van der Waals surface area contributed by atoms with E-state index in [1.807, 2.05) is 82.4 Å². The molecular formula is C25H18I2O6. The average Bonchev–Trinajstić information content (AvgIpc) is 3.14. The lowest BCUT2D eigenvalue weighted by Gasteiger charge is -2.08. The minimum Gasteiger partial charge on any atom is -0.506 e. The van der Waals surface area contributed by atoms with Crippen molar-refractivity contribution >= 4 is 67.9 Å². The van der Waals surface area contributed by atoms with Crippen LogP contribution in [0.5, 0.6) is 17.2 Å². The quantitative estimate of drug-likeness (QED) is 0.113. The van der Waals surface area contributed by atoms with Gasteiger partial charge in [0.1, 0.15) is 17.1 Å².